The molecule has 0 saturated heterocycles. The van der Waals surface area contributed by atoms with Gasteiger partial charge in [0.25, 0.3) is 0 Å². The molecule has 0 aromatic heterocycles. The maximum Gasteiger partial charge on any atom is 0.418 e. The first-order chi connectivity index (χ1) is 6.36. The van der Waals surface area contributed by atoms with E-state index >= 15 is 0 Å². The Morgan fingerprint density at radius 3 is 2.29 bits per heavy atom. The van der Waals surface area contributed by atoms with Gasteiger partial charge in [0.15, 0.2) is 0 Å². The van der Waals surface area contributed by atoms with Crippen molar-refractivity contribution in [2.45, 2.75) is 11.5 Å². The summed E-state index contributed by atoms with van der Waals surface area (Å²) < 4.78 is 37.5. The summed E-state index contributed by atoms with van der Waals surface area (Å²) >= 11 is 6.20. The fraction of sp³-hybridized carbons (Fsp3) is 0.250. The first kappa shape index (κ1) is 11.8. The van der Waals surface area contributed by atoms with Crippen LogP contribution in [0.25, 0.3) is 0 Å². The van der Waals surface area contributed by atoms with Crippen LogP contribution < -0.4 is 5.73 Å². The van der Waals surface area contributed by atoms with Crippen LogP contribution in [0.4, 0.5) is 18.9 Å². The Labute approximate surface area is 95.7 Å². The molecule has 78 valence electrons. The Morgan fingerprint density at radius 1 is 1.29 bits per heavy atom. The quantitative estimate of drug-likeness (QED) is 0.611. The molecule has 2 N–H and O–H groups in total. The molecule has 0 bridgehead atoms. The minimum atomic E-state index is -4.41. The Balaban J connectivity index is 3.29. The van der Waals surface area contributed by atoms with Crippen LogP contribution in [0.5, 0.6) is 0 Å². The van der Waals surface area contributed by atoms with E-state index in [4.69, 9.17) is 5.73 Å². The van der Waals surface area contributed by atoms with Crippen LogP contribution in [0.2, 0.25) is 0 Å². The standard InChI is InChI=1S/C8H6Br2F3N/c9-3-4-1-7(14)5(2-6(4)10)8(11,12)13/h1-2H,3,14H2. The third kappa shape index (κ3) is 2.42. The first-order valence-corrected chi connectivity index (χ1v) is 5.48. The van der Waals surface area contributed by atoms with Gasteiger partial charge in [-0.15, -0.1) is 0 Å². The molecule has 0 aliphatic heterocycles. The third-order valence-corrected chi connectivity index (χ3v) is 3.01. The van der Waals surface area contributed by atoms with Gasteiger partial charge in [-0.3, -0.25) is 0 Å². The van der Waals surface area contributed by atoms with Gasteiger partial charge in [0.1, 0.15) is 0 Å². The van der Waals surface area contributed by atoms with E-state index in [1.54, 1.807) is 0 Å². The summed E-state index contributed by atoms with van der Waals surface area (Å²) in [5, 5.41) is 0.454. The number of anilines is 1. The molecule has 1 aromatic rings. The molecule has 0 amide bonds. The number of halogens is 5. The molecule has 0 aliphatic carbocycles. The summed E-state index contributed by atoms with van der Waals surface area (Å²) in [4.78, 5) is 0. The summed E-state index contributed by atoms with van der Waals surface area (Å²) in [7, 11) is 0. The minimum absolute atomic E-state index is 0.254. The zero-order valence-corrected chi connectivity index (χ0v) is 10.0. The van der Waals surface area contributed by atoms with Crippen LogP contribution in [-0.4, -0.2) is 0 Å². The zero-order valence-electron chi connectivity index (χ0n) is 6.83. The van der Waals surface area contributed by atoms with Crippen molar-refractivity contribution < 1.29 is 13.2 Å². The van der Waals surface area contributed by atoms with Gasteiger partial charge < -0.3 is 5.73 Å². The fourth-order valence-electron chi connectivity index (χ4n) is 0.985. The van der Waals surface area contributed by atoms with E-state index in [0.717, 1.165) is 6.07 Å². The van der Waals surface area contributed by atoms with E-state index in [0.29, 0.717) is 15.4 Å². The maximum atomic E-state index is 12.4. The second-order valence-corrected chi connectivity index (χ2v) is 4.08. The van der Waals surface area contributed by atoms with Crippen molar-refractivity contribution in [3.05, 3.63) is 27.7 Å². The number of nitrogen functional groups attached to an aromatic ring is 1. The van der Waals surface area contributed by atoms with Crippen molar-refractivity contribution in [1.29, 1.82) is 0 Å². The molecule has 0 spiro atoms. The largest absolute Gasteiger partial charge is 0.418 e. The topological polar surface area (TPSA) is 26.0 Å². The minimum Gasteiger partial charge on any atom is -0.398 e. The smallest absolute Gasteiger partial charge is 0.398 e. The average Bonchev–Trinajstić information content (AvgIpc) is 2.06. The van der Waals surface area contributed by atoms with E-state index in [-0.39, 0.29) is 5.69 Å². The lowest BCUT2D eigenvalue weighted by Gasteiger charge is -2.12. The molecule has 14 heavy (non-hydrogen) atoms. The number of benzene rings is 1. The molecule has 0 radical (unpaired) electrons. The lowest BCUT2D eigenvalue weighted by Crippen LogP contribution is -2.09. The fourth-order valence-corrected chi connectivity index (χ4v) is 2.31. The Hall–Kier alpha value is -0.230. The van der Waals surface area contributed by atoms with E-state index in [2.05, 4.69) is 31.9 Å². The van der Waals surface area contributed by atoms with E-state index in [9.17, 15) is 13.2 Å². The van der Waals surface area contributed by atoms with Gasteiger partial charge >= 0.3 is 6.18 Å². The Kier molecular flexibility index (Phi) is 3.47. The SMILES string of the molecule is Nc1cc(CBr)c(Br)cc1C(F)(F)F. The van der Waals surface area contributed by atoms with Crippen molar-refractivity contribution >= 4 is 37.5 Å². The van der Waals surface area contributed by atoms with Crippen molar-refractivity contribution in [3.63, 3.8) is 0 Å². The predicted molar refractivity (Wildman–Crippen MR) is 56.2 cm³/mol. The van der Waals surface area contributed by atoms with Gasteiger partial charge in [-0.1, -0.05) is 31.9 Å². The predicted octanol–water partition coefficient (Wildman–Crippen LogP) is 3.95. The van der Waals surface area contributed by atoms with Gasteiger partial charge in [0.2, 0.25) is 0 Å². The third-order valence-electron chi connectivity index (χ3n) is 1.67. The number of hydrogen-bond acceptors (Lipinski definition) is 1. The number of alkyl halides is 4. The molecule has 0 heterocycles. The molecule has 1 nitrogen and oxygen atoms in total. The van der Waals surface area contributed by atoms with Gasteiger partial charge in [0, 0.05) is 15.5 Å². The molecular weight excluding hydrogens is 327 g/mol. The second kappa shape index (κ2) is 4.10. The monoisotopic (exact) mass is 331 g/mol. The highest BCUT2D eigenvalue weighted by Crippen LogP contribution is 2.37. The molecular formula is C8H6Br2F3N. The first-order valence-electron chi connectivity index (χ1n) is 3.57. The van der Waals surface area contributed by atoms with Crippen molar-refractivity contribution in [2.75, 3.05) is 5.73 Å². The average molecular weight is 333 g/mol. The Bertz CT molecular complexity index is 349. The zero-order chi connectivity index (χ0) is 10.9. The summed E-state index contributed by atoms with van der Waals surface area (Å²) in [5.74, 6) is 0. The highest BCUT2D eigenvalue weighted by molar-refractivity contribution is 9.10. The summed E-state index contributed by atoms with van der Waals surface area (Å²) in [5.41, 5.74) is 4.92. The lowest BCUT2D eigenvalue weighted by atomic mass is 10.1. The highest BCUT2D eigenvalue weighted by atomic mass is 79.9. The maximum absolute atomic E-state index is 12.4. The summed E-state index contributed by atoms with van der Waals surface area (Å²) in [6, 6.07) is 2.30. The van der Waals surface area contributed by atoms with Gasteiger partial charge in [0.05, 0.1) is 5.56 Å². The molecule has 0 fully saturated rings. The highest BCUT2D eigenvalue weighted by Gasteiger charge is 2.33. The van der Waals surface area contributed by atoms with Crippen LogP contribution in [0.1, 0.15) is 11.1 Å². The van der Waals surface area contributed by atoms with Gasteiger partial charge in [-0.2, -0.15) is 13.2 Å². The van der Waals surface area contributed by atoms with Crippen LogP contribution in [-0.2, 0) is 11.5 Å². The lowest BCUT2D eigenvalue weighted by molar-refractivity contribution is -0.136. The number of nitrogens with two attached hydrogens (primary N) is 1. The molecule has 0 atom stereocenters. The molecule has 1 rings (SSSR count). The van der Waals surface area contributed by atoms with Gasteiger partial charge in [-0.25, -0.2) is 0 Å². The molecule has 0 aliphatic rings. The van der Waals surface area contributed by atoms with E-state index < -0.39 is 11.7 Å². The van der Waals surface area contributed by atoms with E-state index in [1.807, 2.05) is 0 Å². The summed E-state index contributed by atoms with van der Waals surface area (Å²) in [6.07, 6.45) is -4.41. The van der Waals surface area contributed by atoms with Crippen LogP contribution in [0, 0.1) is 0 Å². The summed E-state index contributed by atoms with van der Waals surface area (Å²) in [6.45, 7) is 0. The van der Waals surface area contributed by atoms with Crippen LogP contribution in [0.3, 0.4) is 0 Å². The van der Waals surface area contributed by atoms with Crippen molar-refractivity contribution in [3.8, 4) is 0 Å². The van der Waals surface area contributed by atoms with Crippen molar-refractivity contribution in [2.24, 2.45) is 0 Å². The molecule has 1 aromatic carbocycles. The number of hydrogen-bond donors (Lipinski definition) is 1. The Morgan fingerprint density at radius 2 is 1.86 bits per heavy atom. The molecule has 0 saturated carbocycles. The normalized spacial score (nSPS) is 11.8. The van der Waals surface area contributed by atoms with Crippen LogP contribution >= 0.6 is 31.9 Å². The number of rotatable bonds is 1. The van der Waals surface area contributed by atoms with Crippen molar-refractivity contribution in [1.82, 2.24) is 0 Å². The van der Waals surface area contributed by atoms with Crippen LogP contribution in [0.15, 0.2) is 16.6 Å². The van der Waals surface area contributed by atoms with Gasteiger partial charge in [-0.05, 0) is 17.7 Å². The van der Waals surface area contributed by atoms with E-state index in [1.165, 1.54) is 6.07 Å². The second-order valence-electron chi connectivity index (χ2n) is 2.66. The molecule has 6 heteroatoms. The molecule has 0 unspecified atom stereocenters.